The Morgan fingerprint density at radius 3 is 1.81 bits per heavy atom. The first-order valence-corrected chi connectivity index (χ1v) is 13.8. The molecule has 0 saturated carbocycles. The maximum atomic E-state index is 5.89. The topological polar surface area (TPSA) is 9.23 Å². The molecule has 1 aliphatic heterocycles. The molecule has 0 aromatic heterocycles. The number of hydrogen-bond donors (Lipinski definition) is 0. The molecular weight excluding hydrogens is 336 g/mol. The third-order valence-corrected chi connectivity index (χ3v) is 8.41. The zero-order chi connectivity index (χ0) is 18.7. The van der Waals surface area contributed by atoms with Gasteiger partial charge in [0, 0.05) is 6.61 Å². The lowest BCUT2D eigenvalue weighted by Gasteiger charge is -2.11. The minimum absolute atomic E-state index is 0.720. The summed E-state index contributed by atoms with van der Waals surface area (Å²) in [6.07, 6.45) is 23.1. The highest BCUT2D eigenvalue weighted by molar-refractivity contribution is 7.97. The molecular formula is C24H49OS+. The number of hydrogen-bond acceptors (Lipinski definition) is 1. The Bertz CT molecular complexity index is 275. The Labute approximate surface area is 168 Å². The molecule has 0 aliphatic carbocycles. The zero-order valence-corrected chi connectivity index (χ0v) is 19.1. The van der Waals surface area contributed by atoms with Crippen molar-refractivity contribution in [2.24, 2.45) is 5.92 Å². The molecule has 0 aromatic carbocycles. The van der Waals surface area contributed by atoms with E-state index in [9.17, 15) is 0 Å². The summed E-state index contributed by atoms with van der Waals surface area (Å²) in [4.78, 5) is 0. The number of unbranched alkanes of at least 4 members (excludes halogenated alkanes) is 11. The van der Waals surface area contributed by atoms with Gasteiger partial charge in [-0.15, -0.1) is 0 Å². The molecule has 0 spiro atoms. The highest BCUT2D eigenvalue weighted by atomic mass is 32.2. The van der Waals surface area contributed by atoms with Crippen molar-refractivity contribution in [1.82, 2.24) is 0 Å². The van der Waals surface area contributed by atoms with Crippen LogP contribution in [0.15, 0.2) is 0 Å². The van der Waals surface area contributed by atoms with Crippen LogP contribution in [-0.4, -0.2) is 30.5 Å². The van der Waals surface area contributed by atoms with Crippen molar-refractivity contribution in [1.29, 1.82) is 0 Å². The Hall–Kier alpha value is 0.310. The van der Waals surface area contributed by atoms with Gasteiger partial charge < -0.3 is 4.74 Å². The van der Waals surface area contributed by atoms with E-state index in [0.717, 1.165) is 30.0 Å². The highest BCUT2D eigenvalue weighted by Crippen LogP contribution is 2.16. The van der Waals surface area contributed by atoms with E-state index >= 15 is 0 Å². The van der Waals surface area contributed by atoms with Crippen molar-refractivity contribution in [3.63, 3.8) is 0 Å². The first-order valence-electron chi connectivity index (χ1n) is 12.0. The van der Waals surface area contributed by atoms with Crippen LogP contribution in [-0.2, 0) is 15.6 Å². The first-order chi connectivity index (χ1) is 12.8. The predicted octanol–water partition coefficient (Wildman–Crippen LogP) is 7.53. The van der Waals surface area contributed by atoms with Crippen molar-refractivity contribution >= 4 is 10.9 Å². The largest absolute Gasteiger partial charge is 0.377 e. The molecule has 26 heavy (non-hydrogen) atoms. The minimum Gasteiger partial charge on any atom is -0.377 e. The Balaban J connectivity index is 1.72. The standard InChI is InChI=1S/C24H49OS/c1-3-4-5-6-7-8-9-10-11-12-13-14-17-24(2)18-19-25-20-23-26-21-15-16-22-26/h24H,3-23H2,1-2H3/q+1. The van der Waals surface area contributed by atoms with Gasteiger partial charge >= 0.3 is 0 Å². The molecule has 0 bridgehead atoms. The molecule has 0 radical (unpaired) electrons. The quantitative estimate of drug-likeness (QED) is 0.165. The lowest BCUT2D eigenvalue weighted by Crippen LogP contribution is -2.15. The van der Waals surface area contributed by atoms with Crippen molar-refractivity contribution in [3.8, 4) is 0 Å². The maximum absolute atomic E-state index is 5.89. The smallest absolute Gasteiger partial charge is 0.131 e. The van der Waals surface area contributed by atoms with Gasteiger partial charge in [-0.2, -0.15) is 0 Å². The lowest BCUT2D eigenvalue weighted by atomic mass is 9.99. The molecule has 1 heterocycles. The fourth-order valence-electron chi connectivity index (χ4n) is 3.96. The molecule has 0 amide bonds. The summed E-state index contributed by atoms with van der Waals surface area (Å²) >= 11 is 0. The lowest BCUT2D eigenvalue weighted by molar-refractivity contribution is 0.134. The second kappa shape index (κ2) is 18.7. The summed E-state index contributed by atoms with van der Waals surface area (Å²) in [5.74, 6) is 5.16. The van der Waals surface area contributed by atoms with E-state index in [0.29, 0.717) is 0 Å². The second-order valence-corrected chi connectivity index (χ2v) is 11.1. The zero-order valence-electron chi connectivity index (χ0n) is 18.2. The first kappa shape index (κ1) is 24.3. The van der Waals surface area contributed by atoms with E-state index in [1.165, 1.54) is 120 Å². The fraction of sp³-hybridized carbons (Fsp3) is 1.00. The molecule has 2 heteroatoms. The van der Waals surface area contributed by atoms with Crippen LogP contribution in [0.3, 0.4) is 0 Å². The van der Waals surface area contributed by atoms with E-state index in [-0.39, 0.29) is 0 Å². The summed E-state index contributed by atoms with van der Waals surface area (Å²) in [6, 6.07) is 0. The van der Waals surface area contributed by atoms with Crippen LogP contribution >= 0.6 is 0 Å². The van der Waals surface area contributed by atoms with Gasteiger partial charge in [-0.3, -0.25) is 0 Å². The maximum Gasteiger partial charge on any atom is 0.131 e. The molecule has 1 atom stereocenters. The number of ether oxygens (including phenoxy) is 1. The summed E-state index contributed by atoms with van der Waals surface area (Å²) < 4.78 is 5.89. The van der Waals surface area contributed by atoms with Gasteiger partial charge in [0.25, 0.3) is 0 Å². The molecule has 0 aromatic rings. The fourth-order valence-corrected chi connectivity index (χ4v) is 6.15. The third kappa shape index (κ3) is 15.4. The third-order valence-electron chi connectivity index (χ3n) is 5.94. The molecule has 0 N–H and O–H groups in total. The molecule has 1 nitrogen and oxygen atoms in total. The normalized spacial score (nSPS) is 16.4. The SMILES string of the molecule is CCCCCCCCCCCCCCC(C)CCOCC[S+]1CCCC1. The van der Waals surface area contributed by atoms with Gasteiger partial charge in [0.05, 0.1) is 6.61 Å². The van der Waals surface area contributed by atoms with E-state index in [1.807, 2.05) is 0 Å². The molecule has 156 valence electrons. The van der Waals surface area contributed by atoms with Gasteiger partial charge in [0.2, 0.25) is 0 Å². The summed E-state index contributed by atoms with van der Waals surface area (Å²) in [5, 5.41) is 0. The van der Waals surface area contributed by atoms with Crippen LogP contribution in [0.4, 0.5) is 0 Å². The van der Waals surface area contributed by atoms with Gasteiger partial charge in [0.15, 0.2) is 0 Å². The van der Waals surface area contributed by atoms with Crippen molar-refractivity contribution in [2.45, 2.75) is 117 Å². The van der Waals surface area contributed by atoms with Crippen LogP contribution in [0.25, 0.3) is 0 Å². The summed E-state index contributed by atoms with van der Waals surface area (Å²) in [6.45, 7) is 6.73. The van der Waals surface area contributed by atoms with E-state index in [4.69, 9.17) is 4.74 Å². The average Bonchev–Trinajstić information content (AvgIpc) is 3.16. The molecule has 1 unspecified atom stereocenters. The van der Waals surface area contributed by atoms with Gasteiger partial charge in [0.1, 0.15) is 17.3 Å². The van der Waals surface area contributed by atoms with Crippen molar-refractivity contribution in [2.75, 3.05) is 30.5 Å². The second-order valence-electron chi connectivity index (χ2n) is 8.62. The van der Waals surface area contributed by atoms with Crippen molar-refractivity contribution < 1.29 is 4.74 Å². The van der Waals surface area contributed by atoms with Crippen LogP contribution in [0.1, 0.15) is 117 Å². The van der Waals surface area contributed by atoms with Gasteiger partial charge in [-0.05, 0) is 36.1 Å². The highest BCUT2D eigenvalue weighted by Gasteiger charge is 2.22. The van der Waals surface area contributed by atoms with Gasteiger partial charge in [-0.1, -0.05) is 97.3 Å². The van der Waals surface area contributed by atoms with Crippen LogP contribution < -0.4 is 0 Å². The van der Waals surface area contributed by atoms with Crippen molar-refractivity contribution in [3.05, 3.63) is 0 Å². The van der Waals surface area contributed by atoms with E-state index < -0.39 is 0 Å². The summed E-state index contributed by atoms with van der Waals surface area (Å²) in [5.41, 5.74) is 0. The van der Waals surface area contributed by atoms with E-state index in [1.54, 1.807) is 0 Å². The van der Waals surface area contributed by atoms with Crippen LogP contribution in [0.2, 0.25) is 0 Å². The Morgan fingerprint density at radius 1 is 0.692 bits per heavy atom. The molecule has 1 aliphatic rings. The van der Waals surface area contributed by atoms with Crippen LogP contribution in [0.5, 0.6) is 0 Å². The van der Waals surface area contributed by atoms with Crippen LogP contribution in [0, 0.1) is 5.92 Å². The number of rotatable bonds is 19. The summed E-state index contributed by atoms with van der Waals surface area (Å²) in [7, 11) is 0.720. The minimum atomic E-state index is 0.720. The van der Waals surface area contributed by atoms with Gasteiger partial charge in [-0.25, -0.2) is 0 Å². The van der Waals surface area contributed by atoms with E-state index in [2.05, 4.69) is 13.8 Å². The predicted molar refractivity (Wildman–Crippen MR) is 121 cm³/mol. The Kier molecular flexibility index (Phi) is 17.5. The molecule has 1 rings (SSSR count). The molecule has 1 fully saturated rings. The Morgan fingerprint density at radius 2 is 1.23 bits per heavy atom. The molecule has 1 saturated heterocycles. The average molecular weight is 386 g/mol. The monoisotopic (exact) mass is 385 g/mol.